The zero-order valence-corrected chi connectivity index (χ0v) is 8.85. The van der Waals surface area contributed by atoms with Crippen LogP contribution in [0, 0.1) is 5.41 Å². The van der Waals surface area contributed by atoms with Crippen LogP contribution in [0.3, 0.4) is 0 Å². The highest BCUT2D eigenvalue weighted by molar-refractivity contribution is 5.77. The van der Waals surface area contributed by atoms with Gasteiger partial charge in [0.05, 0.1) is 0 Å². The standard InChI is InChI=1S/C10H19FO2/c1-5-9(3,4)7-10(11,6-2)8(12)13/h5-7H2,1-4H3,(H,12,13). The van der Waals surface area contributed by atoms with E-state index in [9.17, 15) is 9.18 Å². The summed E-state index contributed by atoms with van der Waals surface area (Å²) in [5.74, 6) is -1.34. The van der Waals surface area contributed by atoms with Crippen LogP contribution in [0.15, 0.2) is 0 Å². The summed E-state index contributed by atoms with van der Waals surface area (Å²) in [6.45, 7) is 7.29. The van der Waals surface area contributed by atoms with Crippen LogP contribution < -0.4 is 0 Å². The smallest absolute Gasteiger partial charge is 0.341 e. The molecule has 1 atom stereocenters. The fourth-order valence-electron chi connectivity index (χ4n) is 1.24. The van der Waals surface area contributed by atoms with Crippen molar-refractivity contribution in [2.24, 2.45) is 5.41 Å². The van der Waals surface area contributed by atoms with Gasteiger partial charge in [0.15, 0.2) is 0 Å². The van der Waals surface area contributed by atoms with E-state index in [4.69, 9.17) is 5.11 Å². The Hall–Kier alpha value is -0.600. The van der Waals surface area contributed by atoms with Crippen LogP contribution in [0.4, 0.5) is 4.39 Å². The Morgan fingerprint density at radius 2 is 1.77 bits per heavy atom. The van der Waals surface area contributed by atoms with Gasteiger partial charge >= 0.3 is 5.97 Å². The van der Waals surface area contributed by atoms with Gasteiger partial charge < -0.3 is 5.11 Å². The molecule has 0 spiro atoms. The van der Waals surface area contributed by atoms with Gasteiger partial charge in [-0.15, -0.1) is 0 Å². The van der Waals surface area contributed by atoms with E-state index >= 15 is 0 Å². The number of alkyl halides is 1. The summed E-state index contributed by atoms with van der Waals surface area (Å²) in [7, 11) is 0. The molecule has 1 unspecified atom stereocenters. The van der Waals surface area contributed by atoms with E-state index in [-0.39, 0.29) is 18.3 Å². The van der Waals surface area contributed by atoms with Crippen LogP contribution in [0.1, 0.15) is 47.0 Å². The van der Waals surface area contributed by atoms with Gasteiger partial charge in [0, 0.05) is 0 Å². The van der Waals surface area contributed by atoms with Gasteiger partial charge in [0.1, 0.15) is 0 Å². The van der Waals surface area contributed by atoms with Crippen molar-refractivity contribution in [1.29, 1.82) is 0 Å². The Kier molecular flexibility index (Phi) is 3.88. The normalized spacial score (nSPS) is 16.7. The lowest BCUT2D eigenvalue weighted by molar-refractivity contribution is -0.153. The van der Waals surface area contributed by atoms with E-state index in [2.05, 4.69) is 0 Å². The molecule has 13 heavy (non-hydrogen) atoms. The van der Waals surface area contributed by atoms with E-state index in [0.29, 0.717) is 0 Å². The molecule has 78 valence electrons. The summed E-state index contributed by atoms with van der Waals surface area (Å²) in [6, 6.07) is 0. The van der Waals surface area contributed by atoms with Crippen LogP contribution in [0.2, 0.25) is 0 Å². The van der Waals surface area contributed by atoms with Crippen molar-refractivity contribution in [3.63, 3.8) is 0 Å². The molecular weight excluding hydrogens is 171 g/mol. The summed E-state index contributed by atoms with van der Waals surface area (Å²) < 4.78 is 13.7. The molecular formula is C10H19FO2. The molecule has 0 heterocycles. The number of carbonyl (C=O) groups is 1. The Labute approximate surface area is 79.1 Å². The Morgan fingerprint density at radius 1 is 1.31 bits per heavy atom. The fourth-order valence-corrected chi connectivity index (χ4v) is 1.24. The Balaban J connectivity index is 4.54. The van der Waals surface area contributed by atoms with E-state index in [0.717, 1.165) is 6.42 Å². The third kappa shape index (κ3) is 3.33. The number of carboxylic acids is 1. The van der Waals surface area contributed by atoms with E-state index in [1.165, 1.54) is 0 Å². The topological polar surface area (TPSA) is 37.3 Å². The molecule has 0 aromatic rings. The molecule has 0 aromatic carbocycles. The lowest BCUT2D eigenvalue weighted by Gasteiger charge is -2.30. The van der Waals surface area contributed by atoms with Crippen LogP contribution in [-0.2, 0) is 4.79 Å². The summed E-state index contributed by atoms with van der Waals surface area (Å²) in [5.41, 5.74) is -2.30. The van der Waals surface area contributed by atoms with Gasteiger partial charge in [0.2, 0.25) is 5.67 Å². The third-order valence-corrected chi connectivity index (χ3v) is 2.66. The van der Waals surface area contributed by atoms with E-state index < -0.39 is 11.6 Å². The zero-order valence-electron chi connectivity index (χ0n) is 8.85. The number of rotatable bonds is 5. The third-order valence-electron chi connectivity index (χ3n) is 2.66. The average Bonchev–Trinajstić information content (AvgIpc) is 2.03. The van der Waals surface area contributed by atoms with Gasteiger partial charge in [-0.05, 0) is 18.3 Å². The van der Waals surface area contributed by atoms with Crippen LogP contribution in [0.5, 0.6) is 0 Å². The largest absolute Gasteiger partial charge is 0.479 e. The summed E-state index contributed by atoms with van der Waals surface area (Å²) >= 11 is 0. The number of aliphatic carboxylic acids is 1. The van der Waals surface area contributed by atoms with Crippen molar-refractivity contribution < 1.29 is 14.3 Å². The summed E-state index contributed by atoms with van der Waals surface area (Å²) in [6.07, 6.45) is 0.903. The molecule has 0 rings (SSSR count). The molecule has 0 aliphatic rings. The first-order chi connectivity index (χ1) is 5.77. The Morgan fingerprint density at radius 3 is 2.00 bits per heavy atom. The van der Waals surface area contributed by atoms with Crippen molar-refractivity contribution in [2.75, 3.05) is 0 Å². The predicted octanol–water partition coefficient (Wildman–Crippen LogP) is 3.02. The molecule has 0 aromatic heterocycles. The monoisotopic (exact) mass is 190 g/mol. The maximum atomic E-state index is 13.7. The number of halogens is 1. The minimum Gasteiger partial charge on any atom is -0.479 e. The highest BCUT2D eigenvalue weighted by atomic mass is 19.1. The van der Waals surface area contributed by atoms with Gasteiger partial charge in [-0.1, -0.05) is 34.1 Å². The van der Waals surface area contributed by atoms with Gasteiger partial charge in [0.25, 0.3) is 0 Å². The fraction of sp³-hybridized carbons (Fsp3) is 0.900. The SMILES string of the molecule is CCC(C)(C)CC(F)(CC)C(=O)O. The quantitative estimate of drug-likeness (QED) is 0.723. The first-order valence-electron chi connectivity index (χ1n) is 4.70. The predicted molar refractivity (Wildman–Crippen MR) is 50.5 cm³/mol. The van der Waals surface area contributed by atoms with Gasteiger partial charge in [-0.3, -0.25) is 0 Å². The highest BCUT2D eigenvalue weighted by Gasteiger charge is 2.41. The van der Waals surface area contributed by atoms with Crippen LogP contribution >= 0.6 is 0 Å². The molecule has 0 saturated carbocycles. The number of carboxylic acid groups (broad SMARTS) is 1. The minimum absolute atomic E-state index is 0.0335. The van der Waals surface area contributed by atoms with Crippen molar-refractivity contribution >= 4 is 5.97 Å². The van der Waals surface area contributed by atoms with Gasteiger partial charge in [-0.2, -0.15) is 0 Å². The molecule has 2 nitrogen and oxygen atoms in total. The van der Waals surface area contributed by atoms with Gasteiger partial charge in [-0.25, -0.2) is 9.18 Å². The zero-order chi connectivity index (χ0) is 10.7. The molecule has 0 fully saturated rings. The second kappa shape index (κ2) is 4.07. The van der Waals surface area contributed by atoms with Crippen molar-refractivity contribution in [2.45, 2.75) is 52.6 Å². The molecule has 0 saturated heterocycles. The maximum Gasteiger partial charge on any atom is 0.341 e. The van der Waals surface area contributed by atoms with Crippen LogP contribution in [-0.4, -0.2) is 16.7 Å². The molecule has 0 aliphatic heterocycles. The molecule has 0 bridgehead atoms. The van der Waals surface area contributed by atoms with Crippen molar-refractivity contribution in [3.8, 4) is 0 Å². The van der Waals surface area contributed by atoms with Crippen LogP contribution in [0.25, 0.3) is 0 Å². The number of hydrogen-bond donors (Lipinski definition) is 1. The molecule has 0 amide bonds. The lowest BCUT2D eigenvalue weighted by atomic mass is 9.78. The molecule has 3 heteroatoms. The first-order valence-corrected chi connectivity index (χ1v) is 4.70. The first kappa shape index (κ1) is 12.4. The number of hydrogen-bond acceptors (Lipinski definition) is 1. The molecule has 1 N–H and O–H groups in total. The average molecular weight is 190 g/mol. The minimum atomic E-state index is -2.06. The maximum absolute atomic E-state index is 13.7. The van der Waals surface area contributed by atoms with E-state index in [1.807, 2.05) is 20.8 Å². The van der Waals surface area contributed by atoms with Crippen molar-refractivity contribution in [1.82, 2.24) is 0 Å². The highest BCUT2D eigenvalue weighted by Crippen LogP contribution is 2.35. The second-order valence-electron chi connectivity index (χ2n) is 4.32. The Bertz CT molecular complexity index is 189. The second-order valence-corrected chi connectivity index (χ2v) is 4.32. The molecule has 0 aliphatic carbocycles. The van der Waals surface area contributed by atoms with Crippen molar-refractivity contribution in [3.05, 3.63) is 0 Å². The summed E-state index contributed by atoms with van der Waals surface area (Å²) in [4.78, 5) is 10.7. The van der Waals surface area contributed by atoms with E-state index in [1.54, 1.807) is 6.92 Å². The molecule has 0 radical (unpaired) electrons. The lowest BCUT2D eigenvalue weighted by Crippen LogP contribution is -2.37. The summed E-state index contributed by atoms with van der Waals surface area (Å²) in [5, 5.41) is 8.72.